The van der Waals surface area contributed by atoms with Gasteiger partial charge in [0.25, 0.3) is 5.91 Å². The van der Waals surface area contributed by atoms with E-state index in [0.29, 0.717) is 25.2 Å². The number of carbonyl (C=O) groups is 2. The Bertz CT molecular complexity index is 998. The Hall–Kier alpha value is -3.42. The first-order chi connectivity index (χ1) is 13.9. The maximum absolute atomic E-state index is 12.9. The number of fused-ring (bicyclic) bond motifs is 1. The molecule has 0 aliphatic rings. The van der Waals surface area contributed by atoms with E-state index in [1.165, 1.54) is 12.1 Å². The first-order valence-corrected chi connectivity index (χ1v) is 9.44. The normalized spacial score (nSPS) is 10.9. The highest BCUT2D eigenvalue weighted by molar-refractivity contribution is 5.97. The van der Waals surface area contributed by atoms with Crippen LogP contribution in [0.1, 0.15) is 29.8 Å². The fraction of sp³-hybridized carbons (Fsp3) is 0.286. The van der Waals surface area contributed by atoms with Gasteiger partial charge in [0.15, 0.2) is 0 Å². The number of halogens is 1. The number of hydrogen-bond donors (Lipinski definition) is 3. The van der Waals surface area contributed by atoms with Crippen molar-refractivity contribution in [3.8, 4) is 0 Å². The molecule has 0 unspecified atom stereocenters. The summed E-state index contributed by atoms with van der Waals surface area (Å²) in [5.74, 6) is -0.436. The molecule has 29 heavy (non-hydrogen) atoms. The number of carbonyl (C=O) groups excluding carboxylic acids is 2. The Labute approximate surface area is 168 Å². The van der Waals surface area contributed by atoms with Gasteiger partial charge in [-0.25, -0.2) is 14.2 Å². The number of benzene rings is 2. The number of nitrogens with zero attached hydrogens (tertiary/aromatic N) is 2. The summed E-state index contributed by atoms with van der Waals surface area (Å²) in [5.41, 5.74) is 3.00. The number of nitrogens with one attached hydrogen (secondary N) is 3. The summed E-state index contributed by atoms with van der Waals surface area (Å²) in [5, 5.41) is 8.37. The van der Waals surface area contributed by atoms with E-state index in [1.807, 2.05) is 24.5 Å². The van der Waals surface area contributed by atoms with Crippen molar-refractivity contribution >= 4 is 23.0 Å². The molecule has 0 saturated carbocycles. The van der Waals surface area contributed by atoms with Crippen molar-refractivity contribution in [1.82, 2.24) is 25.5 Å². The Kier molecular flexibility index (Phi) is 6.43. The molecule has 0 aliphatic heterocycles. The second-order valence-corrected chi connectivity index (χ2v) is 7.01. The SMILES string of the molecule is CC(C)NC(=O)c1ccc2c(c1)ncn2CCNC(=O)NCc1ccc(F)cc1. The number of urea groups is 1. The standard InChI is InChI=1S/C21H24FN5O2/c1-14(2)26-20(28)16-5-8-19-18(11-16)25-13-27(19)10-9-23-21(29)24-12-15-3-6-17(22)7-4-15/h3-8,11,13-14H,9-10,12H2,1-2H3,(H,26,28)(H2,23,24,29). The molecule has 1 heterocycles. The number of amides is 3. The van der Waals surface area contributed by atoms with Crippen LogP contribution in [-0.4, -0.2) is 34.1 Å². The fourth-order valence-electron chi connectivity index (χ4n) is 2.87. The van der Waals surface area contributed by atoms with E-state index in [9.17, 15) is 14.0 Å². The Morgan fingerprint density at radius 1 is 1.10 bits per heavy atom. The molecule has 0 spiro atoms. The predicted molar refractivity (Wildman–Crippen MR) is 109 cm³/mol. The minimum atomic E-state index is -0.307. The lowest BCUT2D eigenvalue weighted by Gasteiger charge is -2.10. The van der Waals surface area contributed by atoms with E-state index in [0.717, 1.165) is 16.6 Å². The van der Waals surface area contributed by atoms with Crippen molar-refractivity contribution in [3.05, 3.63) is 65.7 Å². The lowest BCUT2D eigenvalue weighted by atomic mass is 10.2. The van der Waals surface area contributed by atoms with Crippen LogP contribution < -0.4 is 16.0 Å². The smallest absolute Gasteiger partial charge is 0.315 e. The zero-order chi connectivity index (χ0) is 20.8. The van der Waals surface area contributed by atoms with Gasteiger partial charge in [-0.2, -0.15) is 0 Å². The molecular weight excluding hydrogens is 373 g/mol. The Morgan fingerprint density at radius 2 is 1.86 bits per heavy atom. The van der Waals surface area contributed by atoms with Crippen LogP contribution in [0.2, 0.25) is 0 Å². The van der Waals surface area contributed by atoms with Crippen LogP contribution in [0.25, 0.3) is 11.0 Å². The molecule has 3 aromatic rings. The van der Waals surface area contributed by atoms with Gasteiger partial charge < -0.3 is 20.5 Å². The maximum atomic E-state index is 12.9. The quantitative estimate of drug-likeness (QED) is 0.573. The molecule has 2 aromatic carbocycles. The van der Waals surface area contributed by atoms with Crippen molar-refractivity contribution in [2.75, 3.05) is 6.54 Å². The number of aromatic nitrogens is 2. The summed E-state index contributed by atoms with van der Waals surface area (Å²) < 4.78 is 14.8. The maximum Gasteiger partial charge on any atom is 0.315 e. The molecule has 8 heteroatoms. The van der Waals surface area contributed by atoms with Gasteiger partial charge in [-0.3, -0.25) is 4.79 Å². The third-order valence-electron chi connectivity index (χ3n) is 4.31. The molecule has 0 atom stereocenters. The molecule has 0 aliphatic carbocycles. The molecule has 1 aromatic heterocycles. The van der Waals surface area contributed by atoms with Gasteiger partial charge >= 0.3 is 6.03 Å². The average molecular weight is 397 g/mol. The zero-order valence-corrected chi connectivity index (χ0v) is 16.4. The second kappa shape index (κ2) is 9.18. The van der Waals surface area contributed by atoms with Crippen LogP contribution in [0.3, 0.4) is 0 Å². The third-order valence-corrected chi connectivity index (χ3v) is 4.31. The van der Waals surface area contributed by atoms with Gasteiger partial charge in [0.2, 0.25) is 0 Å². The number of hydrogen-bond acceptors (Lipinski definition) is 3. The number of rotatable bonds is 7. The van der Waals surface area contributed by atoms with Crippen LogP contribution in [0, 0.1) is 5.82 Å². The van der Waals surface area contributed by atoms with Crippen LogP contribution in [-0.2, 0) is 13.1 Å². The van der Waals surface area contributed by atoms with Crippen molar-refractivity contribution in [3.63, 3.8) is 0 Å². The average Bonchev–Trinajstić information content (AvgIpc) is 3.09. The number of imidazole rings is 1. The summed E-state index contributed by atoms with van der Waals surface area (Å²) in [7, 11) is 0. The summed E-state index contributed by atoms with van der Waals surface area (Å²) >= 11 is 0. The molecule has 3 N–H and O–H groups in total. The van der Waals surface area contributed by atoms with Crippen LogP contribution in [0.4, 0.5) is 9.18 Å². The summed E-state index contributed by atoms with van der Waals surface area (Å²) in [6.45, 7) is 5.09. The van der Waals surface area contributed by atoms with Crippen molar-refractivity contribution in [2.45, 2.75) is 33.0 Å². The van der Waals surface area contributed by atoms with E-state index in [-0.39, 0.29) is 23.8 Å². The summed E-state index contributed by atoms with van der Waals surface area (Å²) in [4.78, 5) is 28.4. The predicted octanol–water partition coefficient (Wildman–Crippen LogP) is 2.81. The molecule has 0 fully saturated rings. The molecule has 3 amide bonds. The van der Waals surface area contributed by atoms with E-state index in [2.05, 4.69) is 20.9 Å². The van der Waals surface area contributed by atoms with Gasteiger partial charge in [0.1, 0.15) is 5.82 Å². The fourth-order valence-corrected chi connectivity index (χ4v) is 2.87. The van der Waals surface area contributed by atoms with Crippen molar-refractivity contribution in [2.24, 2.45) is 0 Å². The van der Waals surface area contributed by atoms with E-state index in [1.54, 1.807) is 30.6 Å². The van der Waals surface area contributed by atoms with Crippen LogP contribution in [0.5, 0.6) is 0 Å². The minimum absolute atomic E-state index is 0.0658. The van der Waals surface area contributed by atoms with E-state index >= 15 is 0 Å². The zero-order valence-electron chi connectivity index (χ0n) is 16.4. The molecule has 3 rings (SSSR count). The lowest BCUT2D eigenvalue weighted by molar-refractivity contribution is 0.0943. The highest BCUT2D eigenvalue weighted by Crippen LogP contribution is 2.15. The van der Waals surface area contributed by atoms with Gasteiger partial charge in [0.05, 0.1) is 17.4 Å². The molecule has 152 valence electrons. The van der Waals surface area contributed by atoms with Gasteiger partial charge in [-0.1, -0.05) is 12.1 Å². The van der Waals surface area contributed by atoms with Crippen molar-refractivity contribution in [1.29, 1.82) is 0 Å². The van der Waals surface area contributed by atoms with Crippen LogP contribution in [0.15, 0.2) is 48.8 Å². The molecule has 0 radical (unpaired) electrons. The van der Waals surface area contributed by atoms with E-state index < -0.39 is 0 Å². The Balaban J connectivity index is 1.50. The third kappa shape index (κ3) is 5.54. The van der Waals surface area contributed by atoms with E-state index in [4.69, 9.17) is 0 Å². The highest BCUT2D eigenvalue weighted by Gasteiger charge is 2.10. The second-order valence-electron chi connectivity index (χ2n) is 7.01. The molecule has 0 saturated heterocycles. The van der Waals surface area contributed by atoms with Gasteiger partial charge in [0, 0.05) is 31.2 Å². The largest absolute Gasteiger partial charge is 0.350 e. The monoisotopic (exact) mass is 397 g/mol. The minimum Gasteiger partial charge on any atom is -0.350 e. The van der Waals surface area contributed by atoms with Crippen LogP contribution >= 0.6 is 0 Å². The van der Waals surface area contributed by atoms with Gasteiger partial charge in [-0.15, -0.1) is 0 Å². The Morgan fingerprint density at radius 3 is 2.59 bits per heavy atom. The molecule has 0 bridgehead atoms. The first-order valence-electron chi connectivity index (χ1n) is 9.44. The summed E-state index contributed by atoms with van der Waals surface area (Å²) in [6.07, 6.45) is 1.69. The summed E-state index contributed by atoms with van der Waals surface area (Å²) in [6, 6.07) is 11.1. The lowest BCUT2D eigenvalue weighted by Crippen LogP contribution is -2.36. The highest BCUT2D eigenvalue weighted by atomic mass is 19.1. The molecule has 7 nitrogen and oxygen atoms in total. The van der Waals surface area contributed by atoms with Crippen molar-refractivity contribution < 1.29 is 14.0 Å². The van der Waals surface area contributed by atoms with Gasteiger partial charge in [-0.05, 0) is 49.7 Å². The molecular formula is C21H24FN5O2. The first kappa shape index (κ1) is 20.3. The topological polar surface area (TPSA) is 88.1 Å².